The molecule has 1 amide bonds. The zero-order chi connectivity index (χ0) is 38.8. The molecule has 0 bridgehead atoms. The molecule has 0 aromatic carbocycles. The van der Waals surface area contributed by atoms with Gasteiger partial charge in [-0.3, -0.25) is 4.79 Å². The van der Waals surface area contributed by atoms with Gasteiger partial charge in [0.15, 0.2) is 6.29 Å². The summed E-state index contributed by atoms with van der Waals surface area (Å²) >= 11 is 0. The first kappa shape index (κ1) is 49.4. The minimum Gasteiger partial charge on any atom is -0.394 e. The van der Waals surface area contributed by atoms with E-state index in [0.717, 1.165) is 64.2 Å². The number of hydrogen-bond donors (Lipinski definition) is 6. The molecule has 0 aromatic heterocycles. The van der Waals surface area contributed by atoms with Gasteiger partial charge < -0.3 is 40.3 Å². The molecule has 310 valence electrons. The molecule has 0 spiro atoms. The van der Waals surface area contributed by atoms with Crippen LogP contribution in [-0.2, 0) is 14.3 Å². The van der Waals surface area contributed by atoms with Crippen molar-refractivity contribution in [3.63, 3.8) is 0 Å². The lowest BCUT2D eigenvalue weighted by atomic mass is 9.99. The first-order chi connectivity index (χ1) is 25.8. The average molecular weight is 752 g/mol. The van der Waals surface area contributed by atoms with Gasteiger partial charge in [-0.2, -0.15) is 0 Å². The van der Waals surface area contributed by atoms with E-state index in [0.29, 0.717) is 6.42 Å². The minimum absolute atomic E-state index is 0.199. The van der Waals surface area contributed by atoms with Gasteiger partial charge in [0.05, 0.1) is 25.4 Å². The van der Waals surface area contributed by atoms with Crippen LogP contribution in [0.15, 0.2) is 36.5 Å². The Bertz CT molecular complexity index is 925. The molecule has 1 saturated heterocycles. The van der Waals surface area contributed by atoms with Gasteiger partial charge in [0.1, 0.15) is 24.4 Å². The molecule has 9 heteroatoms. The van der Waals surface area contributed by atoms with E-state index >= 15 is 0 Å². The van der Waals surface area contributed by atoms with Crippen molar-refractivity contribution in [2.24, 2.45) is 0 Å². The van der Waals surface area contributed by atoms with Gasteiger partial charge in [-0.05, 0) is 51.4 Å². The maximum Gasteiger partial charge on any atom is 0.220 e. The average Bonchev–Trinajstić information content (AvgIpc) is 3.16. The Kier molecular flexibility index (Phi) is 32.5. The fraction of sp³-hybridized carbons (Fsp3) is 0.841. The molecule has 0 aromatic rings. The maximum absolute atomic E-state index is 12.9. The molecule has 7 atom stereocenters. The number of allylic oxidation sites excluding steroid dienone is 5. The summed E-state index contributed by atoms with van der Waals surface area (Å²) in [4.78, 5) is 12.9. The smallest absolute Gasteiger partial charge is 0.220 e. The van der Waals surface area contributed by atoms with E-state index in [4.69, 9.17) is 9.47 Å². The van der Waals surface area contributed by atoms with Gasteiger partial charge in [0, 0.05) is 6.42 Å². The van der Waals surface area contributed by atoms with Gasteiger partial charge in [-0.25, -0.2) is 0 Å². The Hall–Kier alpha value is -1.59. The molecule has 1 fully saturated rings. The van der Waals surface area contributed by atoms with Crippen LogP contribution >= 0.6 is 0 Å². The van der Waals surface area contributed by atoms with Gasteiger partial charge in [0.25, 0.3) is 0 Å². The zero-order valence-corrected chi connectivity index (χ0v) is 33.8. The number of rotatable bonds is 35. The number of hydrogen-bond acceptors (Lipinski definition) is 8. The molecule has 1 rings (SSSR count). The van der Waals surface area contributed by atoms with Crippen LogP contribution in [0, 0.1) is 0 Å². The Morgan fingerprint density at radius 3 is 1.64 bits per heavy atom. The quantitative estimate of drug-likeness (QED) is 0.0279. The Morgan fingerprint density at radius 1 is 0.623 bits per heavy atom. The lowest BCUT2D eigenvalue weighted by molar-refractivity contribution is -0.302. The number of ether oxygens (including phenoxy) is 2. The third-order valence-electron chi connectivity index (χ3n) is 10.2. The van der Waals surface area contributed by atoms with Gasteiger partial charge >= 0.3 is 0 Å². The molecule has 6 N–H and O–H groups in total. The van der Waals surface area contributed by atoms with Crippen molar-refractivity contribution in [3.8, 4) is 0 Å². The standard InChI is InChI=1S/C44H81NO8/c1-3-5-7-9-11-13-15-16-17-18-19-20-21-22-24-25-27-29-31-33-38(47)37(36-52-44-43(51)42(50)41(49)39(35-46)53-44)45-40(48)34-32-30-28-26-23-14-12-10-8-6-4-2/h10,12,24-25,31,33,37-39,41-44,46-47,49-51H,3-9,11,13-23,26-30,32,34-36H2,1-2H3,(H,45,48)/b12-10-,25-24+,33-31+. The van der Waals surface area contributed by atoms with Crippen LogP contribution in [0.4, 0.5) is 0 Å². The van der Waals surface area contributed by atoms with Crippen LogP contribution < -0.4 is 5.32 Å². The number of aliphatic hydroxyl groups excluding tert-OH is 5. The predicted octanol–water partition coefficient (Wildman–Crippen LogP) is 8.50. The van der Waals surface area contributed by atoms with Crippen molar-refractivity contribution in [2.45, 2.75) is 224 Å². The van der Waals surface area contributed by atoms with E-state index < -0.39 is 49.5 Å². The van der Waals surface area contributed by atoms with E-state index in [2.05, 4.69) is 43.5 Å². The van der Waals surface area contributed by atoms with Crippen molar-refractivity contribution < 1.29 is 39.8 Å². The Morgan fingerprint density at radius 2 is 1.09 bits per heavy atom. The van der Waals surface area contributed by atoms with E-state index in [9.17, 15) is 30.3 Å². The largest absolute Gasteiger partial charge is 0.394 e. The van der Waals surface area contributed by atoms with Crippen molar-refractivity contribution in [1.82, 2.24) is 5.32 Å². The van der Waals surface area contributed by atoms with E-state index in [1.807, 2.05) is 6.08 Å². The van der Waals surface area contributed by atoms with Crippen LogP contribution in [-0.4, -0.2) is 87.5 Å². The van der Waals surface area contributed by atoms with Crippen LogP contribution in [0.2, 0.25) is 0 Å². The maximum atomic E-state index is 12.9. The van der Waals surface area contributed by atoms with E-state index in [1.54, 1.807) is 6.08 Å². The summed E-state index contributed by atoms with van der Waals surface area (Å²) in [5.74, 6) is -0.199. The summed E-state index contributed by atoms with van der Waals surface area (Å²) in [7, 11) is 0. The van der Waals surface area contributed by atoms with Crippen molar-refractivity contribution in [3.05, 3.63) is 36.5 Å². The number of unbranched alkanes of at least 4 members (excludes halogenated alkanes) is 21. The highest BCUT2D eigenvalue weighted by molar-refractivity contribution is 5.76. The first-order valence-electron chi connectivity index (χ1n) is 21.7. The lowest BCUT2D eigenvalue weighted by Crippen LogP contribution is -2.60. The first-order valence-corrected chi connectivity index (χ1v) is 21.7. The molecule has 0 saturated carbocycles. The van der Waals surface area contributed by atoms with Crippen LogP contribution in [0.3, 0.4) is 0 Å². The van der Waals surface area contributed by atoms with Crippen LogP contribution in [0.1, 0.15) is 181 Å². The van der Waals surface area contributed by atoms with Crippen LogP contribution in [0.5, 0.6) is 0 Å². The van der Waals surface area contributed by atoms with Crippen molar-refractivity contribution in [2.75, 3.05) is 13.2 Å². The van der Waals surface area contributed by atoms with Crippen molar-refractivity contribution >= 4 is 5.91 Å². The van der Waals surface area contributed by atoms with Crippen molar-refractivity contribution in [1.29, 1.82) is 0 Å². The third-order valence-corrected chi connectivity index (χ3v) is 10.2. The highest BCUT2D eigenvalue weighted by atomic mass is 16.7. The normalized spacial score (nSPS) is 22.0. The molecule has 0 aliphatic carbocycles. The summed E-state index contributed by atoms with van der Waals surface area (Å²) in [6.07, 6.45) is 34.8. The second kappa shape index (κ2) is 34.9. The number of carbonyl (C=O) groups excluding carboxylic acids is 1. The molecule has 0 radical (unpaired) electrons. The molecular weight excluding hydrogens is 670 g/mol. The molecule has 1 aliphatic rings. The second-order valence-electron chi connectivity index (χ2n) is 15.1. The number of aliphatic hydroxyl groups is 5. The molecule has 7 unspecified atom stereocenters. The monoisotopic (exact) mass is 752 g/mol. The number of carbonyl (C=O) groups is 1. The minimum atomic E-state index is -1.57. The SMILES string of the molecule is CCCC/C=C\CCCCCCCC(=O)NC(COC1OC(CO)C(O)C(O)C1O)C(O)/C=C/CC/C=C/CCCCCCCCCCCCCCC. The fourth-order valence-electron chi connectivity index (χ4n) is 6.62. The lowest BCUT2D eigenvalue weighted by Gasteiger charge is -2.40. The summed E-state index contributed by atoms with van der Waals surface area (Å²) in [6, 6.07) is -0.822. The summed E-state index contributed by atoms with van der Waals surface area (Å²) in [5, 5.41) is 54.0. The fourth-order valence-corrected chi connectivity index (χ4v) is 6.62. The topological polar surface area (TPSA) is 149 Å². The van der Waals surface area contributed by atoms with Gasteiger partial charge in [-0.1, -0.05) is 159 Å². The summed E-state index contributed by atoms with van der Waals surface area (Å²) < 4.78 is 11.2. The predicted molar refractivity (Wildman–Crippen MR) is 216 cm³/mol. The molecule has 53 heavy (non-hydrogen) atoms. The van der Waals surface area contributed by atoms with Crippen LogP contribution in [0.25, 0.3) is 0 Å². The van der Waals surface area contributed by atoms with E-state index in [-0.39, 0.29) is 12.5 Å². The summed E-state index contributed by atoms with van der Waals surface area (Å²) in [5.41, 5.74) is 0. The zero-order valence-electron chi connectivity index (χ0n) is 33.8. The molecule has 1 heterocycles. The number of nitrogens with one attached hydrogen (secondary N) is 1. The Balaban J connectivity index is 2.40. The second-order valence-corrected chi connectivity index (χ2v) is 15.1. The molecular formula is C44H81NO8. The highest BCUT2D eigenvalue weighted by Crippen LogP contribution is 2.22. The highest BCUT2D eigenvalue weighted by Gasteiger charge is 2.44. The van der Waals surface area contributed by atoms with Gasteiger partial charge in [-0.15, -0.1) is 0 Å². The van der Waals surface area contributed by atoms with Gasteiger partial charge in [0.2, 0.25) is 5.91 Å². The summed E-state index contributed by atoms with van der Waals surface area (Å²) in [6.45, 7) is 3.70. The number of amides is 1. The molecule has 9 nitrogen and oxygen atoms in total. The molecule has 1 aliphatic heterocycles. The van der Waals surface area contributed by atoms with E-state index in [1.165, 1.54) is 96.3 Å². The third kappa shape index (κ3) is 26.0. The Labute approximate surface area is 323 Å².